The first kappa shape index (κ1) is 16.9. The summed E-state index contributed by atoms with van der Waals surface area (Å²) in [5.74, 6) is 0.557. The number of thioether (sulfide) groups is 1. The summed E-state index contributed by atoms with van der Waals surface area (Å²) in [6, 6.07) is 9.68. The van der Waals surface area contributed by atoms with Crippen molar-refractivity contribution in [2.45, 2.75) is 11.9 Å². The van der Waals surface area contributed by atoms with Crippen LogP contribution in [0.1, 0.15) is 5.56 Å². The highest BCUT2D eigenvalue weighted by molar-refractivity contribution is 7.99. The van der Waals surface area contributed by atoms with E-state index in [1.165, 1.54) is 11.6 Å². The normalized spacial score (nSPS) is 10.8. The number of hydrogen-bond acceptors (Lipinski definition) is 6. The molecule has 0 spiro atoms. The van der Waals surface area contributed by atoms with Crippen LogP contribution in [-0.2, 0) is 14.1 Å². The van der Waals surface area contributed by atoms with Gasteiger partial charge in [-0.3, -0.25) is 13.9 Å². The van der Waals surface area contributed by atoms with Gasteiger partial charge in [0.2, 0.25) is 0 Å². The van der Waals surface area contributed by atoms with Gasteiger partial charge >= 0.3 is 5.69 Å². The van der Waals surface area contributed by atoms with Crippen molar-refractivity contribution in [3.05, 3.63) is 50.7 Å². The topological polar surface area (TPSA) is 93.6 Å². The molecule has 0 atom stereocenters. The average molecular weight is 353 g/mol. The summed E-state index contributed by atoms with van der Waals surface area (Å²) in [5, 5.41) is 9.54. The average Bonchev–Trinajstić information content (AvgIpc) is 2.62. The van der Waals surface area contributed by atoms with Crippen molar-refractivity contribution in [3.8, 4) is 17.5 Å². The number of nitrogens with zero attached hydrogens (tertiary/aromatic N) is 5. The summed E-state index contributed by atoms with van der Waals surface area (Å²) in [5.41, 5.74) is 1.22. The van der Waals surface area contributed by atoms with Gasteiger partial charge in [-0.25, -0.2) is 14.8 Å². The summed E-state index contributed by atoms with van der Waals surface area (Å²) in [6.45, 7) is 1.98. The summed E-state index contributed by atoms with van der Waals surface area (Å²) in [6.07, 6.45) is 0. The smallest absolute Gasteiger partial charge is 0.280 e. The Kier molecular flexibility index (Phi) is 4.42. The van der Waals surface area contributed by atoms with E-state index in [2.05, 4.69) is 9.97 Å². The molecule has 0 aliphatic rings. The second-order valence-corrected chi connectivity index (χ2v) is 6.53. The SMILES string of the molecule is Cc1ccc(-c2nc(SCC#N)c3c(=O)n(C)c(=O)n(C)c3n2)cc1. The van der Waals surface area contributed by atoms with Crippen molar-refractivity contribution in [1.29, 1.82) is 5.26 Å². The quantitative estimate of drug-likeness (QED) is 0.525. The Labute approximate surface area is 147 Å². The number of rotatable bonds is 3. The maximum absolute atomic E-state index is 12.6. The fraction of sp³-hybridized carbons (Fsp3) is 0.235. The van der Waals surface area contributed by atoms with Crippen LogP contribution >= 0.6 is 11.8 Å². The van der Waals surface area contributed by atoms with Crippen molar-refractivity contribution in [1.82, 2.24) is 19.1 Å². The third-order valence-corrected chi connectivity index (χ3v) is 4.69. The second kappa shape index (κ2) is 6.53. The minimum absolute atomic E-state index is 0.144. The van der Waals surface area contributed by atoms with E-state index in [9.17, 15) is 9.59 Å². The molecule has 0 fully saturated rings. The summed E-state index contributed by atoms with van der Waals surface area (Å²) >= 11 is 1.16. The Hall–Kier alpha value is -2.92. The van der Waals surface area contributed by atoms with Gasteiger partial charge in [-0.1, -0.05) is 41.6 Å². The fourth-order valence-electron chi connectivity index (χ4n) is 2.47. The van der Waals surface area contributed by atoms with Crippen molar-refractivity contribution < 1.29 is 0 Å². The third kappa shape index (κ3) is 2.94. The van der Waals surface area contributed by atoms with Gasteiger partial charge in [0.25, 0.3) is 5.56 Å². The van der Waals surface area contributed by atoms with E-state index in [1.54, 1.807) is 7.05 Å². The number of aryl methyl sites for hydroxylation is 2. The van der Waals surface area contributed by atoms with Crippen molar-refractivity contribution in [2.24, 2.45) is 14.1 Å². The van der Waals surface area contributed by atoms with Crippen LogP contribution in [0.5, 0.6) is 0 Å². The predicted octanol–water partition coefficient (Wildman–Crippen LogP) is 1.62. The van der Waals surface area contributed by atoms with Gasteiger partial charge in [0.05, 0.1) is 11.8 Å². The Morgan fingerprint density at radius 3 is 2.44 bits per heavy atom. The summed E-state index contributed by atoms with van der Waals surface area (Å²) < 4.78 is 2.35. The van der Waals surface area contributed by atoms with Crippen molar-refractivity contribution >= 4 is 22.8 Å². The summed E-state index contributed by atoms with van der Waals surface area (Å²) in [4.78, 5) is 33.7. The van der Waals surface area contributed by atoms with Crippen LogP contribution in [0.3, 0.4) is 0 Å². The molecule has 0 aliphatic carbocycles. The molecule has 8 heteroatoms. The lowest BCUT2D eigenvalue weighted by Crippen LogP contribution is -2.37. The zero-order chi connectivity index (χ0) is 18.1. The first-order valence-corrected chi connectivity index (χ1v) is 8.47. The molecule has 2 aromatic heterocycles. The van der Waals surface area contributed by atoms with Gasteiger partial charge in [-0.2, -0.15) is 5.26 Å². The number of nitriles is 1. The number of hydrogen-bond donors (Lipinski definition) is 0. The molecule has 3 rings (SSSR count). The molecule has 3 aromatic rings. The molecule has 2 heterocycles. The third-order valence-electron chi connectivity index (χ3n) is 3.85. The molecule has 0 amide bonds. The molecule has 25 heavy (non-hydrogen) atoms. The zero-order valence-corrected chi connectivity index (χ0v) is 14.8. The number of aromatic nitrogens is 4. The van der Waals surface area contributed by atoms with E-state index in [4.69, 9.17) is 5.26 Å². The van der Waals surface area contributed by atoms with Crippen molar-refractivity contribution in [3.63, 3.8) is 0 Å². The van der Waals surface area contributed by atoms with E-state index in [0.29, 0.717) is 10.9 Å². The maximum atomic E-state index is 12.6. The molecule has 1 aromatic carbocycles. The minimum Gasteiger partial charge on any atom is -0.280 e. The Morgan fingerprint density at radius 1 is 1.12 bits per heavy atom. The van der Waals surface area contributed by atoms with Gasteiger partial charge in [0.15, 0.2) is 11.5 Å². The fourth-order valence-corrected chi connectivity index (χ4v) is 3.14. The highest BCUT2D eigenvalue weighted by Gasteiger charge is 2.18. The monoisotopic (exact) mass is 353 g/mol. The lowest BCUT2D eigenvalue weighted by Gasteiger charge is -2.11. The van der Waals surface area contributed by atoms with E-state index < -0.39 is 11.2 Å². The Morgan fingerprint density at radius 2 is 1.80 bits per heavy atom. The van der Waals surface area contributed by atoms with Crippen molar-refractivity contribution in [2.75, 3.05) is 5.75 Å². The first-order chi connectivity index (χ1) is 11.9. The molecular weight excluding hydrogens is 338 g/mol. The molecule has 0 bridgehead atoms. The van der Waals surface area contributed by atoms with Crippen LogP contribution < -0.4 is 11.2 Å². The van der Waals surface area contributed by atoms with Gasteiger partial charge in [-0.15, -0.1) is 0 Å². The minimum atomic E-state index is -0.464. The van der Waals surface area contributed by atoms with Gasteiger partial charge in [0.1, 0.15) is 10.4 Å². The van der Waals surface area contributed by atoms with E-state index >= 15 is 0 Å². The lowest BCUT2D eigenvalue weighted by molar-refractivity contribution is 0.703. The van der Waals surface area contributed by atoms with E-state index in [1.807, 2.05) is 37.3 Å². The molecule has 0 saturated carbocycles. The zero-order valence-electron chi connectivity index (χ0n) is 14.0. The summed E-state index contributed by atoms with van der Waals surface area (Å²) in [7, 11) is 2.98. The molecule has 126 valence electrons. The second-order valence-electron chi connectivity index (χ2n) is 5.57. The maximum Gasteiger partial charge on any atom is 0.332 e. The van der Waals surface area contributed by atoms with E-state index in [-0.39, 0.29) is 16.8 Å². The van der Waals surface area contributed by atoms with Crippen LogP contribution in [0, 0.1) is 18.3 Å². The van der Waals surface area contributed by atoms with Gasteiger partial charge in [0, 0.05) is 19.7 Å². The van der Waals surface area contributed by atoms with Gasteiger partial charge in [-0.05, 0) is 6.92 Å². The van der Waals surface area contributed by atoms with Crippen LogP contribution in [0.4, 0.5) is 0 Å². The Bertz CT molecular complexity index is 1120. The first-order valence-electron chi connectivity index (χ1n) is 7.48. The standard InChI is InChI=1S/C17H15N5O2S/c1-10-4-6-11(7-5-10)13-19-14-12(15(20-13)25-9-8-18)16(23)22(3)17(24)21(14)2/h4-7H,9H2,1-3H3. The van der Waals surface area contributed by atoms with Crippen LogP contribution in [-0.4, -0.2) is 24.9 Å². The highest BCUT2D eigenvalue weighted by atomic mass is 32.2. The predicted molar refractivity (Wildman–Crippen MR) is 96.5 cm³/mol. The van der Waals surface area contributed by atoms with Crippen LogP contribution in [0.15, 0.2) is 38.9 Å². The largest absolute Gasteiger partial charge is 0.332 e. The number of benzene rings is 1. The van der Waals surface area contributed by atoms with E-state index in [0.717, 1.165) is 27.5 Å². The molecule has 0 aliphatic heterocycles. The molecule has 0 unspecified atom stereocenters. The van der Waals surface area contributed by atoms with Gasteiger partial charge < -0.3 is 0 Å². The molecular formula is C17H15N5O2S. The number of fused-ring (bicyclic) bond motifs is 1. The molecule has 0 radical (unpaired) electrons. The highest BCUT2D eigenvalue weighted by Crippen LogP contribution is 2.25. The molecule has 0 saturated heterocycles. The molecule has 0 N–H and O–H groups in total. The van der Waals surface area contributed by atoms with Crippen LogP contribution in [0.25, 0.3) is 22.4 Å². The lowest BCUT2D eigenvalue weighted by atomic mass is 10.1. The Balaban J connectivity index is 2.39. The molecule has 7 nitrogen and oxygen atoms in total. The van der Waals surface area contributed by atoms with Crippen LogP contribution in [0.2, 0.25) is 0 Å².